The molecule has 1 aromatic heterocycles. The van der Waals surface area contributed by atoms with E-state index in [9.17, 15) is 22.4 Å². The molecule has 1 unspecified atom stereocenters. The molecule has 7 nitrogen and oxygen atoms in total. The normalized spacial score (nSPS) is 21.0. The molecule has 1 N–H and O–H groups in total. The Kier molecular flexibility index (Phi) is 4.21. The molecule has 1 aromatic rings. The smallest absolute Gasteiger partial charge is 0.305 e. The van der Waals surface area contributed by atoms with Crippen molar-refractivity contribution in [2.75, 3.05) is 18.1 Å². The summed E-state index contributed by atoms with van der Waals surface area (Å²) in [6.07, 6.45) is 1.61. The van der Waals surface area contributed by atoms with Gasteiger partial charge < -0.3 is 10.0 Å². The number of aromatic nitrogens is 1. The first-order valence-electron chi connectivity index (χ1n) is 6.13. The van der Waals surface area contributed by atoms with Crippen molar-refractivity contribution >= 4 is 21.7 Å². The van der Waals surface area contributed by atoms with Crippen LogP contribution in [0.3, 0.4) is 0 Å². The molecule has 1 atom stereocenters. The van der Waals surface area contributed by atoms with Gasteiger partial charge in [-0.2, -0.15) is 0 Å². The van der Waals surface area contributed by atoms with Crippen LogP contribution in [0.25, 0.3) is 0 Å². The van der Waals surface area contributed by atoms with E-state index in [2.05, 4.69) is 4.98 Å². The van der Waals surface area contributed by atoms with Crippen LogP contribution in [-0.4, -0.2) is 59.4 Å². The second kappa shape index (κ2) is 5.76. The number of carboxylic acids is 1. The largest absolute Gasteiger partial charge is 0.481 e. The molecule has 114 valence electrons. The van der Waals surface area contributed by atoms with E-state index >= 15 is 0 Å². The maximum Gasteiger partial charge on any atom is 0.305 e. The van der Waals surface area contributed by atoms with E-state index in [0.29, 0.717) is 0 Å². The van der Waals surface area contributed by atoms with Crippen LogP contribution in [0, 0.1) is 5.82 Å². The zero-order chi connectivity index (χ0) is 15.6. The van der Waals surface area contributed by atoms with Gasteiger partial charge in [-0.05, 0) is 6.07 Å². The van der Waals surface area contributed by atoms with E-state index in [-0.39, 0.29) is 17.9 Å². The van der Waals surface area contributed by atoms with Gasteiger partial charge in [-0.1, -0.05) is 0 Å². The van der Waals surface area contributed by atoms with E-state index in [4.69, 9.17) is 5.11 Å². The van der Waals surface area contributed by atoms with E-state index in [1.807, 2.05) is 0 Å². The molecule has 1 amide bonds. The van der Waals surface area contributed by atoms with Gasteiger partial charge in [0.1, 0.15) is 0 Å². The molecule has 9 heteroatoms. The fourth-order valence-electron chi connectivity index (χ4n) is 2.23. The fraction of sp³-hybridized carbons (Fsp3) is 0.417. The number of nitrogens with zero attached hydrogens (tertiary/aromatic N) is 2. The van der Waals surface area contributed by atoms with E-state index in [1.54, 1.807) is 0 Å². The van der Waals surface area contributed by atoms with Crippen molar-refractivity contribution < 1.29 is 27.5 Å². The third-order valence-corrected chi connectivity index (χ3v) is 4.90. The Hall–Kier alpha value is -2.03. The highest BCUT2D eigenvalue weighted by molar-refractivity contribution is 7.91. The molecule has 2 heterocycles. The molecule has 0 radical (unpaired) electrons. The minimum Gasteiger partial charge on any atom is -0.481 e. The quantitative estimate of drug-likeness (QED) is 0.837. The molecule has 0 aliphatic carbocycles. The number of carboxylic acid groups (broad SMARTS) is 1. The average molecular weight is 316 g/mol. The van der Waals surface area contributed by atoms with Crippen LogP contribution in [0.1, 0.15) is 16.8 Å². The topological polar surface area (TPSA) is 105 Å². The summed E-state index contributed by atoms with van der Waals surface area (Å²) in [6.45, 7) is -0.152. The van der Waals surface area contributed by atoms with Crippen molar-refractivity contribution in [3.05, 3.63) is 29.8 Å². The lowest BCUT2D eigenvalue weighted by Crippen LogP contribution is -2.52. The predicted molar refractivity (Wildman–Crippen MR) is 69.9 cm³/mol. The molecule has 0 saturated carbocycles. The molecule has 1 saturated heterocycles. The first-order valence-corrected chi connectivity index (χ1v) is 7.95. The summed E-state index contributed by atoms with van der Waals surface area (Å²) in [5, 5.41) is 8.84. The number of hydrogen-bond acceptors (Lipinski definition) is 5. The van der Waals surface area contributed by atoms with Crippen LogP contribution in [0.5, 0.6) is 0 Å². The number of carbonyl (C=O) groups excluding carboxylic acids is 1. The number of carbonyl (C=O) groups is 2. The predicted octanol–water partition coefficient (Wildman–Crippen LogP) is -0.0654. The molecule has 0 aromatic carbocycles. The number of rotatable bonds is 3. The Labute approximate surface area is 120 Å². The highest BCUT2D eigenvalue weighted by Crippen LogP contribution is 2.19. The lowest BCUT2D eigenvalue weighted by molar-refractivity contribution is -0.138. The van der Waals surface area contributed by atoms with Gasteiger partial charge in [0.15, 0.2) is 15.7 Å². The molecular weight excluding hydrogens is 303 g/mol. The molecule has 1 aliphatic heterocycles. The maximum atomic E-state index is 13.6. The molecule has 1 aliphatic rings. The SMILES string of the molecule is O=C(O)CC1CS(=O)(=O)CCN1C(=O)c1ccncc1F. The van der Waals surface area contributed by atoms with Gasteiger partial charge in [-0.3, -0.25) is 14.6 Å². The van der Waals surface area contributed by atoms with E-state index in [0.717, 1.165) is 11.1 Å². The average Bonchev–Trinajstić information content (AvgIpc) is 2.37. The van der Waals surface area contributed by atoms with Gasteiger partial charge in [0.05, 0.1) is 35.7 Å². The van der Waals surface area contributed by atoms with Crippen molar-refractivity contribution in [2.24, 2.45) is 0 Å². The number of aliphatic carboxylic acids is 1. The zero-order valence-corrected chi connectivity index (χ0v) is 11.7. The molecule has 0 spiro atoms. The molecule has 2 rings (SSSR count). The number of amides is 1. The highest BCUT2D eigenvalue weighted by Gasteiger charge is 2.36. The van der Waals surface area contributed by atoms with Crippen LogP contribution in [0.15, 0.2) is 18.5 Å². The summed E-state index contributed by atoms with van der Waals surface area (Å²) in [6, 6.07) is 0.180. The highest BCUT2D eigenvalue weighted by atomic mass is 32.2. The van der Waals surface area contributed by atoms with Crippen molar-refractivity contribution in [2.45, 2.75) is 12.5 Å². The van der Waals surface area contributed by atoms with E-state index in [1.165, 1.54) is 12.3 Å². The van der Waals surface area contributed by atoms with E-state index < -0.39 is 45.7 Å². The standard InChI is InChI=1S/C12H13FN2O5S/c13-10-6-14-2-1-9(10)12(18)15-3-4-21(19,20)7-8(15)5-11(16)17/h1-2,6,8H,3-5,7H2,(H,16,17). The van der Waals surface area contributed by atoms with Gasteiger partial charge in [-0.15, -0.1) is 0 Å². The Morgan fingerprint density at radius 1 is 1.48 bits per heavy atom. The van der Waals surface area contributed by atoms with Crippen LogP contribution >= 0.6 is 0 Å². The second-order valence-corrected chi connectivity index (χ2v) is 6.95. The Balaban J connectivity index is 2.29. The summed E-state index contributed by atoms with van der Waals surface area (Å²) in [5.74, 6) is -3.47. The summed E-state index contributed by atoms with van der Waals surface area (Å²) in [7, 11) is -3.40. The Bertz CT molecular complexity index is 676. The monoisotopic (exact) mass is 316 g/mol. The van der Waals surface area contributed by atoms with Crippen molar-refractivity contribution in [1.29, 1.82) is 0 Å². The zero-order valence-electron chi connectivity index (χ0n) is 10.9. The summed E-state index contributed by atoms with van der Waals surface area (Å²) in [4.78, 5) is 27.8. The first kappa shape index (κ1) is 15.4. The minimum atomic E-state index is -3.40. The maximum absolute atomic E-state index is 13.6. The van der Waals surface area contributed by atoms with Gasteiger partial charge in [-0.25, -0.2) is 12.8 Å². The van der Waals surface area contributed by atoms with Crippen LogP contribution in [0.4, 0.5) is 4.39 Å². The lowest BCUT2D eigenvalue weighted by atomic mass is 10.1. The number of pyridine rings is 1. The minimum absolute atomic E-state index is 0.152. The summed E-state index contributed by atoms with van der Waals surface area (Å²) >= 11 is 0. The molecule has 0 bridgehead atoms. The van der Waals surface area contributed by atoms with Gasteiger partial charge >= 0.3 is 5.97 Å². The lowest BCUT2D eigenvalue weighted by Gasteiger charge is -2.34. The number of halogens is 1. The third kappa shape index (κ3) is 3.54. The Morgan fingerprint density at radius 3 is 2.81 bits per heavy atom. The summed E-state index contributed by atoms with van der Waals surface area (Å²) in [5.41, 5.74) is -0.250. The van der Waals surface area contributed by atoms with Crippen molar-refractivity contribution in [1.82, 2.24) is 9.88 Å². The molecular formula is C12H13FN2O5S. The Morgan fingerprint density at radius 2 is 2.19 bits per heavy atom. The van der Waals surface area contributed by atoms with Crippen LogP contribution in [0.2, 0.25) is 0 Å². The molecule has 1 fully saturated rings. The first-order chi connectivity index (χ1) is 9.80. The second-order valence-electron chi connectivity index (χ2n) is 4.72. The number of sulfone groups is 1. The third-order valence-electron chi connectivity index (χ3n) is 3.20. The van der Waals surface area contributed by atoms with Gasteiger partial charge in [0.2, 0.25) is 0 Å². The van der Waals surface area contributed by atoms with Gasteiger partial charge in [0, 0.05) is 12.7 Å². The van der Waals surface area contributed by atoms with Gasteiger partial charge in [0.25, 0.3) is 5.91 Å². The fourth-order valence-corrected chi connectivity index (χ4v) is 3.75. The number of hydrogen-bond donors (Lipinski definition) is 1. The van der Waals surface area contributed by atoms with Crippen molar-refractivity contribution in [3.8, 4) is 0 Å². The van der Waals surface area contributed by atoms with Crippen LogP contribution < -0.4 is 0 Å². The molecule has 21 heavy (non-hydrogen) atoms. The van der Waals surface area contributed by atoms with Crippen LogP contribution in [-0.2, 0) is 14.6 Å². The summed E-state index contributed by atoms with van der Waals surface area (Å²) < 4.78 is 36.8. The van der Waals surface area contributed by atoms with Crippen molar-refractivity contribution in [3.63, 3.8) is 0 Å².